The first-order valence-corrected chi connectivity index (χ1v) is 20.5. The highest BCUT2D eigenvalue weighted by atomic mass is 28.4. The molecular formula is C38H48O13Si. The second-order valence-electron chi connectivity index (χ2n) is 15.4. The Morgan fingerprint density at radius 1 is 0.923 bits per heavy atom. The number of carbonyl (C=O) groups is 6. The highest BCUT2D eigenvalue weighted by Gasteiger charge is 2.83. The molecule has 2 heterocycles. The number of benzene rings is 1. The van der Waals surface area contributed by atoms with Crippen molar-refractivity contribution in [3.63, 3.8) is 0 Å². The lowest BCUT2D eigenvalue weighted by molar-refractivity contribution is -0.342. The van der Waals surface area contributed by atoms with Gasteiger partial charge in [-0.2, -0.15) is 0 Å². The second kappa shape index (κ2) is 12.9. The third kappa shape index (κ3) is 5.14. The van der Waals surface area contributed by atoms with E-state index in [1.165, 1.54) is 13.8 Å². The van der Waals surface area contributed by atoms with Gasteiger partial charge in [-0.05, 0) is 49.7 Å². The van der Waals surface area contributed by atoms with Gasteiger partial charge in [0, 0.05) is 31.3 Å². The van der Waals surface area contributed by atoms with E-state index in [9.17, 15) is 24.0 Å². The first-order chi connectivity index (χ1) is 24.4. The van der Waals surface area contributed by atoms with Gasteiger partial charge in [0.15, 0.2) is 31.9 Å². The zero-order chi connectivity index (χ0) is 38.2. The van der Waals surface area contributed by atoms with Crippen LogP contribution in [0.4, 0.5) is 4.79 Å². The average Bonchev–Trinajstić information content (AvgIpc) is 3.47. The zero-order valence-electron chi connectivity index (χ0n) is 31.2. The summed E-state index contributed by atoms with van der Waals surface area (Å²) in [5.74, 6) is -5.05. The van der Waals surface area contributed by atoms with E-state index in [4.69, 9.17) is 32.8 Å². The summed E-state index contributed by atoms with van der Waals surface area (Å²) >= 11 is 0. The van der Waals surface area contributed by atoms with E-state index < -0.39 is 102 Å². The van der Waals surface area contributed by atoms with Crippen LogP contribution in [0.25, 0.3) is 0 Å². The number of Topliss-reactive ketones (excluding diaryl/α,β-unsaturated/α-hetero) is 2. The molecule has 0 radical (unpaired) electrons. The van der Waals surface area contributed by atoms with Crippen molar-refractivity contribution < 1.29 is 61.6 Å². The minimum atomic E-state index is -2.56. The SMILES string of the molecule is CC[Si](CC)(CC)O[C@H]1C[C@H]2OC[C@@]2(OC(C)=O)C2[C@H](OC(=O)c3ccccc3)[C@]34OC(=O)O[C@H]3C(=O)C(C)=C([C@@H](OC(C)=O)C(=O)[C@@]21C)C4(C)C. The average molecular weight is 741 g/mol. The molecule has 13 nitrogen and oxygen atoms in total. The molecule has 14 heteroatoms. The van der Waals surface area contributed by atoms with Gasteiger partial charge >= 0.3 is 24.1 Å². The number of ether oxygens (including phenoxy) is 6. The number of esters is 3. The van der Waals surface area contributed by atoms with Crippen LogP contribution in [0.2, 0.25) is 18.1 Å². The third-order valence-electron chi connectivity index (χ3n) is 12.8. The molecule has 9 atom stereocenters. The normalized spacial score (nSPS) is 36.1. The standard InChI is InChI=1S/C38H48O13Si/c1-10-52(11-2,12-3)51-24-18-25-37(19-45-25,49-22(6)40)29-32(47-33(43)23-16-14-13-15-17-23)38-31(48-34(44)50-38)27(41)20(4)26(35(38,7)8)28(46-21(5)39)30(42)36(24,29)9/h13-17,24-25,28-29,31-32H,10-12,18-19H2,1-9H3/t24-,25+,28+,29?,31-,32-,36+,37-,38+/m0/s1. The van der Waals surface area contributed by atoms with E-state index in [1.54, 1.807) is 51.1 Å². The van der Waals surface area contributed by atoms with Gasteiger partial charge in [-0.1, -0.05) is 52.8 Å². The molecule has 5 aliphatic rings. The monoisotopic (exact) mass is 740 g/mol. The minimum Gasteiger partial charge on any atom is -0.454 e. The van der Waals surface area contributed by atoms with Crippen LogP contribution in [0.1, 0.15) is 79.1 Å². The molecule has 282 valence electrons. The van der Waals surface area contributed by atoms with Crippen LogP contribution in [-0.2, 0) is 52.0 Å². The number of ketones is 2. The first-order valence-electron chi connectivity index (χ1n) is 18.0. The largest absolute Gasteiger partial charge is 0.510 e. The van der Waals surface area contributed by atoms with Crippen molar-refractivity contribution in [1.29, 1.82) is 0 Å². The lowest BCUT2D eigenvalue weighted by Crippen LogP contribution is -2.83. The Morgan fingerprint density at radius 3 is 2.10 bits per heavy atom. The summed E-state index contributed by atoms with van der Waals surface area (Å²) in [5, 5.41) is 0. The lowest BCUT2D eigenvalue weighted by Gasteiger charge is -2.67. The fourth-order valence-electron chi connectivity index (χ4n) is 9.90. The molecule has 0 N–H and O–H groups in total. The van der Waals surface area contributed by atoms with E-state index in [1.807, 2.05) is 20.8 Å². The molecule has 2 aliphatic heterocycles. The molecule has 52 heavy (non-hydrogen) atoms. The summed E-state index contributed by atoms with van der Waals surface area (Å²) in [6.07, 6.45) is -7.86. The predicted octanol–water partition coefficient (Wildman–Crippen LogP) is 5.04. The van der Waals surface area contributed by atoms with E-state index >= 15 is 4.79 Å². The van der Waals surface area contributed by atoms with Gasteiger partial charge in [-0.3, -0.25) is 19.2 Å². The number of fused-ring (bicyclic) bond motifs is 4. The summed E-state index contributed by atoms with van der Waals surface area (Å²) in [6, 6.07) is 10.3. The quantitative estimate of drug-likeness (QED) is 0.188. The van der Waals surface area contributed by atoms with Gasteiger partial charge in [-0.25, -0.2) is 9.59 Å². The van der Waals surface area contributed by atoms with Gasteiger partial charge in [0.2, 0.25) is 17.5 Å². The van der Waals surface area contributed by atoms with Crippen LogP contribution >= 0.6 is 0 Å². The van der Waals surface area contributed by atoms with Crippen LogP contribution < -0.4 is 0 Å². The molecule has 0 amide bonds. The Bertz CT molecular complexity index is 1720. The Kier molecular flexibility index (Phi) is 9.40. The van der Waals surface area contributed by atoms with Crippen molar-refractivity contribution in [3.05, 3.63) is 47.0 Å². The van der Waals surface area contributed by atoms with Crippen LogP contribution in [-0.4, -0.2) is 92.3 Å². The number of hydrogen-bond acceptors (Lipinski definition) is 13. The van der Waals surface area contributed by atoms with E-state index in [-0.39, 0.29) is 29.7 Å². The van der Waals surface area contributed by atoms with Crippen molar-refractivity contribution in [2.75, 3.05) is 6.61 Å². The summed E-state index contributed by atoms with van der Waals surface area (Å²) < 4.78 is 44.0. The zero-order valence-corrected chi connectivity index (χ0v) is 32.2. The maximum absolute atomic E-state index is 15.8. The smallest absolute Gasteiger partial charge is 0.454 e. The number of carbonyl (C=O) groups excluding carboxylic acids is 6. The van der Waals surface area contributed by atoms with Gasteiger partial charge in [0.25, 0.3) is 0 Å². The highest BCUT2D eigenvalue weighted by Crippen LogP contribution is 2.66. The van der Waals surface area contributed by atoms with Crippen molar-refractivity contribution >= 4 is 43.9 Å². The maximum atomic E-state index is 15.8. The second-order valence-corrected chi connectivity index (χ2v) is 20.1. The summed E-state index contributed by atoms with van der Waals surface area (Å²) in [7, 11) is -2.56. The summed E-state index contributed by atoms with van der Waals surface area (Å²) in [6.45, 7) is 14.7. The predicted molar refractivity (Wildman–Crippen MR) is 184 cm³/mol. The molecule has 6 rings (SSSR count). The van der Waals surface area contributed by atoms with E-state index in [0.717, 1.165) is 25.1 Å². The summed E-state index contributed by atoms with van der Waals surface area (Å²) in [5.41, 5.74) is -6.87. The van der Waals surface area contributed by atoms with Crippen LogP contribution in [0.3, 0.4) is 0 Å². The third-order valence-corrected chi connectivity index (χ3v) is 17.4. The molecule has 1 aromatic carbocycles. The molecule has 3 aliphatic carbocycles. The number of rotatable bonds is 9. The summed E-state index contributed by atoms with van der Waals surface area (Å²) in [4.78, 5) is 84.1. The molecule has 4 fully saturated rings. The Balaban J connectivity index is 1.75. The van der Waals surface area contributed by atoms with E-state index in [2.05, 4.69) is 0 Å². The molecule has 1 spiro atoms. The van der Waals surface area contributed by atoms with Crippen molar-refractivity contribution in [2.24, 2.45) is 16.7 Å². The molecule has 1 aromatic rings. The Labute approximate surface area is 304 Å². The van der Waals surface area contributed by atoms with E-state index in [0.29, 0.717) is 0 Å². The molecule has 2 saturated heterocycles. The molecule has 1 unspecified atom stereocenters. The van der Waals surface area contributed by atoms with Gasteiger partial charge in [-0.15, -0.1) is 0 Å². The first kappa shape index (κ1) is 37.9. The fourth-order valence-corrected chi connectivity index (χ4v) is 12.8. The topological polar surface area (TPSA) is 167 Å². The van der Waals surface area contributed by atoms with Gasteiger partial charge < -0.3 is 32.8 Å². The van der Waals surface area contributed by atoms with Crippen molar-refractivity contribution in [3.8, 4) is 0 Å². The van der Waals surface area contributed by atoms with Crippen LogP contribution in [0.5, 0.6) is 0 Å². The maximum Gasteiger partial charge on any atom is 0.510 e. The number of hydrogen-bond donors (Lipinski definition) is 0. The van der Waals surface area contributed by atoms with Gasteiger partial charge in [0.1, 0.15) is 6.10 Å². The lowest BCUT2D eigenvalue weighted by atomic mass is 9.44. The molecular weight excluding hydrogens is 692 g/mol. The Morgan fingerprint density at radius 2 is 1.56 bits per heavy atom. The Hall–Kier alpha value is -3.88. The highest BCUT2D eigenvalue weighted by molar-refractivity contribution is 6.73. The fraction of sp³-hybridized carbons (Fsp3) is 0.632. The molecule has 2 bridgehead atoms. The van der Waals surface area contributed by atoms with Crippen molar-refractivity contribution in [1.82, 2.24) is 0 Å². The molecule has 0 aromatic heterocycles. The minimum absolute atomic E-state index is 0.0472. The van der Waals surface area contributed by atoms with Crippen molar-refractivity contribution in [2.45, 2.75) is 129 Å². The van der Waals surface area contributed by atoms with Gasteiger partial charge in [0.05, 0.1) is 29.6 Å². The van der Waals surface area contributed by atoms with Crippen LogP contribution in [0.15, 0.2) is 41.5 Å². The van der Waals surface area contributed by atoms with Crippen LogP contribution in [0, 0.1) is 16.7 Å². The molecule has 2 saturated carbocycles.